The van der Waals surface area contributed by atoms with Crippen molar-refractivity contribution < 1.29 is 19.2 Å². The van der Waals surface area contributed by atoms with Crippen LogP contribution in [0, 0.1) is 10.1 Å². The smallest absolute Gasteiger partial charge is 0.269 e. The minimum atomic E-state index is -0.468. The maximum atomic E-state index is 12.6. The zero-order valence-corrected chi connectivity index (χ0v) is 15.5. The summed E-state index contributed by atoms with van der Waals surface area (Å²) in [5.41, 5.74) is 1.32. The number of nitro groups is 1. The van der Waals surface area contributed by atoms with E-state index in [2.05, 4.69) is 0 Å². The molecule has 1 aliphatic heterocycles. The van der Waals surface area contributed by atoms with E-state index >= 15 is 0 Å². The quantitative estimate of drug-likeness (QED) is 0.582. The van der Waals surface area contributed by atoms with E-state index in [9.17, 15) is 19.7 Å². The van der Waals surface area contributed by atoms with Crippen molar-refractivity contribution in [2.24, 2.45) is 0 Å². The number of benzene rings is 2. The average Bonchev–Trinajstić information content (AvgIpc) is 2.73. The number of hydrogen-bond acceptors (Lipinski definition) is 5. The van der Waals surface area contributed by atoms with Gasteiger partial charge in [-0.05, 0) is 29.8 Å². The van der Waals surface area contributed by atoms with E-state index in [1.54, 1.807) is 53.3 Å². The van der Waals surface area contributed by atoms with E-state index in [0.717, 1.165) is 5.56 Å². The molecule has 0 aromatic heterocycles. The maximum absolute atomic E-state index is 12.6. The van der Waals surface area contributed by atoms with Crippen LogP contribution in [0.5, 0.6) is 5.75 Å². The van der Waals surface area contributed by atoms with E-state index < -0.39 is 4.92 Å². The van der Waals surface area contributed by atoms with Gasteiger partial charge in [0, 0.05) is 43.9 Å². The van der Waals surface area contributed by atoms with Crippen molar-refractivity contribution in [3.05, 3.63) is 69.8 Å². The Labute approximate surface area is 162 Å². The van der Waals surface area contributed by atoms with Crippen LogP contribution in [0.25, 0.3) is 0 Å². The summed E-state index contributed by atoms with van der Waals surface area (Å²) in [5.74, 6) is 0.578. The molecule has 1 aliphatic rings. The summed E-state index contributed by atoms with van der Waals surface area (Å²) >= 11 is 0. The third-order valence-electron chi connectivity index (χ3n) is 4.76. The molecule has 1 saturated heterocycles. The van der Waals surface area contributed by atoms with Crippen molar-refractivity contribution in [3.63, 3.8) is 0 Å². The normalized spacial score (nSPS) is 13.9. The fraction of sp³-hybridized carbons (Fsp3) is 0.300. The fourth-order valence-corrected chi connectivity index (χ4v) is 3.10. The Bertz CT molecular complexity index is 856. The Morgan fingerprint density at radius 1 is 0.964 bits per heavy atom. The van der Waals surface area contributed by atoms with Gasteiger partial charge < -0.3 is 14.5 Å². The van der Waals surface area contributed by atoms with Crippen molar-refractivity contribution in [3.8, 4) is 5.75 Å². The summed E-state index contributed by atoms with van der Waals surface area (Å²) in [6.07, 6.45) is 0.185. The Hall–Kier alpha value is -3.42. The molecular formula is C20H21N3O5. The summed E-state index contributed by atoms with van der Waals surface area (Å²) in [6, 6.07) is 12.9. The van der Waals surface area contributed by atoms with Crippen molar-refractivity contribution in [2.75, 3.05) is 33.3 Å². The van der Waals surface area contributed by atoms with Gasteiger partial charge in [0.15, 0.2) is 0 Å². The number of piperazine rings is 1. The van der Waals surface area contributed by atoms with Crippen LogP contribution in [-0.2, 0) is 11.2 Å². The summed E-state index contributed by atoms with van der Waals surface area (Å²) in [6.45, 7) is 1.87. The Balaban J connectivity index is 1.53. The molecule has 146 valence electrons. The largest absolute Gasteiger partial charge is 0.497 e. The second kappa shape index (κ2) is 8.51. The van der Waals surface area contributed by atoms with Crippen molar-refractivity contribution in [1.29, 1.82) is 0 Å². The first-order valence-electron chi connectivity index (χ1n) is 8.92. The molecule has 2 aromatic carbocycles. The van der Waals surface area contributed by atoms with Gasteiger partial charge in [-0.25, -0.2) is 0 Å². The number of rotatable bonds is 5. The molecule has 1 fully saturated rings. The van der Waals surface area contributed by atoms with Gasteiger partial charge in [0.05, 0.1) is 18.5 Å². The lowest BCUT2D eigenvalue weighted by Gasteiger charge is -2.35. The third kappa shape index (κ3) is 4.46. The number of ether oxygens (including phenoxy) is 1. The predicted molar refractivity (Wildman–Crippen MR) is 102 cm³/mol. The van der Waals surface area contributed by atoms with Crippen LogP contribution < -0.4 is 4.74 Å². The molecule has 28 heavy (non-hydrogen) atoms. The zero-order chi connectivity index (χ0) is 20.1. The summed E-state index contributed by atoms with van der Waals surface area (Å²) in [7, 11) is 1.57. The number of nitrogens with zero attached hydrogens (tertiary/aromatic N) is 3. The van der Waals surface area contributed by atoms with Gasteiger partial charge in [0.25, 0.3) is 11.6 Å². The Morgan fingerprint density at radius 2 is 1.54 bits per heavy atom. The summed E-state index contributed by atoms with van der Waals surface area (Å²) in [5, 5.41) is 10.7. The Morgan fingerprint density at radius 3 is 2.07 bits per heavy atom. The second-order valence-corrected chi connectivity index (χ2v) is 6.50. The average molecular weight is 383 g/mol. The van der Waals surface area contributed by atoms with Gasteiger partial charge in [0.1, 0.15) is 5.75 Å². The third-order valence-corrected chi connectivity index (χ3v) is 4.76. The lowest BCUT2D eigenvalue weighted by atomic mass is 10.1. The Kier molecular flexibility index (Phi) is 5.88. The van der Waals surface area contributed by atoms with E-state index in [4.69, 9.17) is 4.74 Å². The first-order chi connectivity index (χ1) is 13.5. The molecule has 0 unspecified atom stereocenters. The summed E-state index contributed by atoms with van der Waals surface area (Å²) < 4.78 is 5.10. The minimum absolute atomic E-state index is 0.00172. The van der Waals surface area contributed by atoms with E-state index in [0.29, 0.717) is 37.5 Å². The van der Waals surface area contributed by atoms with Crippen molar-refractivity contribution >= 4 is 17.5 Å². The van der Waals surface area contributed by atoms with Crippen LogP contribution in [0.15, 0.2) is 48.5 Å². The van der Waals surface area contributed by atoms with Gasteiger partial charge in [0.2, 0.25) is 5.91 Å². The predicted octanol–water partition coefficient (Wildman–Crippen LogP) is 2.13. The molecule has 0 atom stereocenters. The molecule has 0 aliphatic carbocycles. The lowest BCUT2D eigenvalue weighted by Crippen LogP contribution is -2.51. The highest BCUT2D eigenvalue weighted by molar-refractivity contribution is 5.94. The van der Waals surface area contributed by atoms with Crippen LogP contribution in [0.4, 0.5) is 5.69 Å². The SMILES string of the molecule is COc1ccc(C(=O)N2CCN(C(=O)Cc3ccc([N+](=O)[O-])cc3)CC2)cc1. The molecule has 3 rings (SSSR count). The number of hydrogen-bond donors (Lipinski definition) is 0. The molecule has 2 amide bonds. The molecule has 0 radical (unpaired) electrons. The monoisotopic (exact) mass is 383 g/mol. The number of carbonyl (C=O) groups excluding carboxylic acids is 2. The van der Waals surface area contributed by atoms with Gasteiger partial charge in [-0.2, -0.15) is 0 Å². The van der Waals surface area contributed by atoms with E-state index in [1.165, 1.54) is 12.1 Å². The molecule has 2 aromatic rings. The van der Waals surface area contributed by atoms with Gasteiger partial charge in [-0.15, -0.1) is 0 Å². The van der Waals surface area contributed by atoms with Crippen LogP contribution in [0.3, 0.4) is 0 Å². The molecule has 0 bridgehead atoms. The summed E-state index contributed by atoms with van der Waals surface area (Å²) in [4.78, 5) is 38.7. The number of non-ortho nitro benzene ring substituents is 1. The molecular weight excluding hydrogens is 362 g/mol. The van der Waals surface area contributed by atoms with E-state index in [-0.39, 0.29) is 23.9 Å². The standard InChI is InChI=1S/C20H21N3O5/c1-28-18-8-4-16(5-9-18)20(25)22-12-10-21(11-13-22)19(24)14-15-2-6-17(7-3-15)23(26)27/h2-9H,10-14H2,1H3. The fourth-order valence-electron chi connectivity index (χ4n) is 3.10. The number of carbonyl (C=O) groups is 2. The van der Waals surface area contributed by atoms with Gasteiger partial charge >= 0.3 is 0 Å². The van der Waals surface area contributed by atoms with Gasteiger partial charge in [-0.3, -0.25) is 19.7 Å². The molecule has 1 heterocycles. The highest BCUT2D eigenvalue weighted by Crippen LogP contribution is 2.16. The number of nitro benzene ring substituents is 1. The van der Waals surface area contributed by atoms with Crippen LogP contribution in [-0.4, -0.2) is 59.8 Å². The van der Waals surface area contributed by atoms with Crippen LogP contribution in [0.1, 0.15) is 15.9 Å². The highest BCUT2D eigenvalue weighted by Gasteiger charge is 2.25. The molecule has 8 heteroatoms. The number of methoxy groups -OCH3 is 1. The molecule has 0 N–H and O–H groups in total. The highest BCUT2D eigenvalue weighted by atomic mass is 16.6. The minimum Gasteiger partial charge on any atom is -0.497 e. The topological polar surface area (TPSA) is 93.0 Å². The maximum Gasteiger partial charge on any atom is 0.269 e. The van der Waals surface area contributed by atoms with Crippen LogP contribution >= 0.6 is 0 Å². The van der Waals surface area contributed by atoms with E-state index in [1.807, 2.05) is 0 Å². The molecule has 0 saturated carbocycles. The van der Waals surface area contributed by atoms with Crippen LogP contribution in [0.2, 0.25) is 0 Å². The zero-order valence-electron chi connectivity index (χ0n) is 15.5. The van der Waals surface area contributed by atoms with Crippen molar-refractivity contribution in [1.82, 2.24) is 9.80 Å². The van der Waals surface area contributed by atoms with Crippen molar-refractivity contribution in [2.45, 2.75) is 6.42 Å². The second-order valence-electron chi connectivity index (χ2n) is 6.50. The number of amides is 2. The molecule has 0 spiro atoms. The van der Waals surface area contributed by atoms with Gasteiger partial charge in [-0.1, -0.05) is 12.1 Å². The lowest BCUT2D eigenvalue weighted by molar-refractivity contribution is -0.384. The first kappa shape index (κ1) is 19.3. The molecule has 8 nitrogen and oxygen atoms in total. The first-order valence-corrected chi connectivity index (χ1v) is 8.92.